The van der Waals surface area contributed by atoms with Crippen molar-refractivity contribution in [2.24, 2.45) is 5.92 Å². The highest BCUT2D eigenvalue weighted by atomic mass is 16.5. The van der Waals surface area contributed by atoms with Gasteiger partial charge in [0.15, 0.2) is 0 Å². The fraction of sp³-hybridized carbons (Fsp3) is 0.619. The molecule has 0 aliphatic carbocycles. The van der Waals surface area contributed by atoms with Gasteiger partial charge in [-0.3, -0.25) is 14.8 Å². The first-order chi connectivity index (χ1) is 13.4. The number of carbonyl (C=O) groups is 2. The lowest BCUT2D eigenvalue weighted by atomic mass is 9.85. The van der Waals surface area contributed by atoms with Crippen LogP contribution in [0.4, 0.5) is 0 Å². The minimum Gasteiger partial charge on any atom is -0.392 e. The second-order valence-corrected chi connectivity index (χ2v) is 8.28. The van der Waals surface area contributed by atoms with E-state index in [4.69, 9.17) is 5.21 Å². The number of β-amino-alcohol motifs (C(OH)–C–C–N with tert-alkyl or cyclic N) is 1. The first-order valence-corrected chi connectivity index (χ1v) is 10.1. The molecule has 2 aliphatic heterocycles. The molecule has 1 aromatic carbocycles. The fourth-order valence-corrected chi connectivity index (χ4v) is 4.32. The number of hydrogen-bond acceptors (Lipinski definition) is 5. The number of rotatable bonds is 4. The van der Waals surface area contributed by atoms with E-state index in [-0.39, 0.29) is 18.9 Å². The second-order valence-electron chi connectivity index (χ2n) is 8.28. The number of carbonyl (C=O) groups excluding carboxylic acids is 2. The van der Waals surface area contributed by atoms with E-state index in [0.717, 1.165) is 12.8 Å². The van der Waals surface area contributed by atoms with Crippen LogP contribution in [0, 0.1) is 5.92 Å². The van der Waals surface area contributed by atoms with Gasteiger partial charge in [-0.2, -0.15) is 0 Å². The maximum absolute atomic E-state index is 13.0. The molecule has 4 N–H and O–H groups in total. The molecule has 0 bridgehead atoms. The van der Waals surface area contributed by atoms with Crippen LogP contribution in [0.2, 0.25) is 0 Å². The monoisotopic (exact) mass is 389 g/mol. The zero-order valence-corrected chi connectivity index (χ0v) is 16.6. The van der Waals surface area contributed by atoms with Crippen molar-refractivity contribution in [2.75, 3.05) is 19.6 Å². The molecule has 2 aliphatic rings. The molecule has 3 atom stereocenters. The molecule has 2 fully saturated rings. The molecule has 0 radical (unpaired) electrons. The highest BCUT2D eigenvalue weighted by Gasteiger charge is 2.41. The summed E-state index contributed by atoms with van der Waals surface area (Å²) in [4.78, 5) is 26.7. The highest BCUT2D eigenvalue weighted by Crippen LogP contribution is 2.31. The van der Waals surface area contributed by atoms with Gasteiger partial charge in [0.05, 0.1) is 18.1 Å². The highest BCUT2D eigenvalue weighted by molar-refractivity contribution is 5.90. The van der Waals surface area contributed by atoms with Crippen LogP contribution < -0.4 is 10.8 Å². The van der Waals surface area contributed by atoms with Crippen molar-refractivity contribution in [1.82, 2.24) is 15.7 Å². The van der Waals surface area contributed by atoms with Crippen molar-refractivity contribution in [3.05, 3.63) is 35.4 Å². The quantitative estimate of drug-likeness (QED) is 0.460. The first-order valence-electron chi connectivity index (χ1n) is 10.1. The lowest BCUT2D eigenvalue weighted by Gasteiger charge is -2.39. The van der Waals surface area contributed by atoms with Gasteiger partial charge in [-0.15, -0.1) is 0 Å². The van der Waals surface area contributed by atoms with Crippen LogP contribution >= 0.6 is 0 Å². The standard InChI is InChI=1S/C21H31N3O4/c1-13(2)15-4-3-5-16(10-15)14-6-8-24(9-7-14)21(27)19-18(20(26)23-28)11-17(25)12-22-19/h3-5,10,13-14,17-19,22,25,28H,6-9,11-12H2,1-2H3,(H,23,26)/t17-,18-,19-/m0/s1. The summed E-state index contributed by atoms with van der Waals surface area (Å²) < 4.78 is 0. The number of benzene rings is 1. The smallest absolute Gasteiger partial charge is 0.248 e. The number of likely N-dealkylation sites (tertiary alicyclic amines) is 1. The topological polar surface area (TPSA) is 102 Å². The van der Waals surface area contributed by atoms with Gasteiger partial charge in [-0.25, -0.2) is 5.48 Å². The molecule has 0 aromatic heterocycles. The van der Waals surface area contributed by atoms with Crippen molar-refractivity contribution in [2.45, 2.75) is 57.1 Å². The summed E-state index contributed by atoms with van der Waals surface area (Å²) in [5.41, 5.74) is 4.29. The summed E-state index contributed by atoms with van der Waals surface area (Å²) in [5.74, 6) is -0.620. The summed E-state index contributed by atoms with van der Waals surface area (Å²) in [6, 6.07) is 7.99. The minimum absolute atomic E-state index is 0.130. The summed E-state index contributed by atoms with van der Waals surface area (Å²) in [6.45, 7) is 5.93. The lowest BCUT2D eigenvalue weighted by Crippen LogP contribution is -2.60. The van der Waals surface area contributed by atoms with Crippen molar-refractivity contribution in [3.8, 4) is 0 Å². The Hall–Kier alpha value is -1.96. The van der Waals surface area contributed by atoms with E-state index in [9.17, 15) is 14.7 Å². The average molecular weight is 389 g/mol. The number of hydroxylamine groups is 1. The van der Waals surface area contributed by atoms with Gasteiger partial charge in [-0.1, -0.05) is 38.1 Å². The molecule has 2 amide bonds. The van der Waals surface area contributed by atoms with E-state index < -0.39 is 24.0 Å². The molecule has 2 saturated heterocycles. The number of amides is 2. The average Bonchev–Trinajstić information content (AvgIpc) is 2.72. The van der Waals surface area contributed by atoms with Crippen molar-refractivity contribution in [1.29, 1.82) is 0 Å². The molecule has 0 saturated carbocycles. The third-order valence-corrected chi connectivity index (χ3v) is 6.07. The number of nitrogens with zero attached hydrogens (tertiary/aromatic N) is 1. The van der Waals surface area contributed by atoms with Crippen molar-refractivity contribution >= 4 is 11.8 Å². The van der Waals surface area contributed by atoms with E-state index in [0.29, 0.717) is 24.9 Å². The van der Waals surface area contributed by atoms with Gasteiger partial charge >= 0.3 is 0 Å². The molecule has 2 heterocycles. The van der Waals surface area contributed by atoms with Gasteiger partial charge in [0.25, 0.3) is 0 Å². The minimum atomic E-state index is -0.776. The summed E-state index contributed by atoms with van der Waals surface area (Å²) in [6.07, 6.45) is 1.23. The van der Waals surface area contributed by atoms with E-state index in [1.54, 1.807) is 10.4 Å². The number of hydrogen-bond donors (Lipinski definition) is 4. The van der Waals surface area contributed by atoms with E-state index in [1.807, 2.05) is 0 Å². The molecule has 3 rings (SSSR count). The molecule has 1 aromatic rings. The molecule has 154 valence electrons. The van der Waals surface area contributed by atoms with Crippen LogP contribution in [-0.2, 0) is 9.59 Å². The zero-order valence-electron chi connectivity index (χ0n) is 16.6. The van der Waals surface area contributed by atoms with Crippen LogP contribution in [0.3, 0.4) is 0 Å². The van der Waals surface area contributed by atoms with E-state index in [1.165, 1.54) is 11.1 Å². The molecule has 28 heavy (non-hydrogen) atoms. The van der Waals surface area contributed by atoms with Gasteiger partial charge in [0.2, 0.25) is 11.8 Å². The van der Waals surface area contributed by atoms with E-state index >= 15 is 0 Å². The van der Waals surface area contributed by atoms with E-state index in [2.05, 4.69) is 43.4 Å². The second kappa shape index (κ2) is 9.03. The summed E-state index contributed by atoms with van der Waals surface area (Å²) in [5, 5.41) is 21.8. The Morgan fingerprint density at radius 1 is 1.25 bits per heavy atom. The van der Waals surface area contributed by atoms with Crippen molar-refractivity contribution < 1.29 is 19.9 Å². The molecule has 0 unspecified atom stereocenters. The van der Waals surface area contributed by atoms with Crippen LogP contribution in [0.5, 0.6) is 0 Å². The SMILES string of the molecule is CC(C)c1cccc(C2CCN(C(=O)[C@H]3NC[C@@H](O)C[C@@H]3C(=O)NO)CC2)c1. The van der Waals surface area contributed by atoms with Crippen LogP contribution in [0.25, 0.3) is 0 Å². The molecule has 7 nitrogen and oxygen atoms in total. The first kappa shape index (κ1) is 20.8. The Morgan fingerprint density at radius 2 is 1.96 bits per heavy atom. The Bertz CT molecular complexity index is 701. The lowest BCUT2D eigenvalue weighted by molar-refractivity contribution is -0.146. The Balaban J connectivity index is 1.63. The number of piperidine rings is 2. The predicted octanol–water partition coefficient (Wildman–Crippen LogP) is 1.36. The molecule has 7 heteroatoms. The van der Waals surface area contributed by atoms with Gasteiger partial charge in [0, 0.05) is 19.6 Å². The largest absolute Gasteiger partial charge is 0.392 e. The van der Waals surface area contributed by atoms with Crippen LogP contribution in [0.15, 0.2) is 24.3 Å². The van der Waals surface area contributed by atoms with Crippen LogP contribution in [0.1, 0.15) is 56.1 Å². The number of nitrogens with one attached hydrogen (secondary N) is 2. The normalized spacial score (nSPS) is 26.3. The Morgan fingerprint density at radius 3 is 2.61 bits per heavy atom. The number of aliphatic hydroxyl groups excluding tert-OH is 1. The maximum atomic E-state index is 13.0. The third-order valence-electron chi connectivity index (χ3n) is 6.07. The zero-order chi connectivity index (χ0) is 20.3. The molecule has 0 spiro atoms. The van der Waals surface area contributed by atoms with Gasteiger partial charge < -0.3 is 15.3 Å². The number of aliphatic hydroxyl groups is 1. The Kier molecular flexibility index (Phi) is 6.69. The van der Waals surface area contributed by atoms with Crippen molar-refractivity contribution in [3.63, 3.8) is 0 Å². The van der Waals surface area contributed by atoms with Gasteiger partial charge in [-0.05, 0) is 42.2 Å². The fourth-order valence-electron chi connectivity index (χ4n) is 4.32. The maximum Gasteiger partial charge on any atom is 0.248 e. The summed E-state index contributed by atoms with van der Waals surface area (Å²) >= 11 is 0. The Labute approximate surface area is 166 Å². The molecular formula is C21H31N3O4. The van der Waals surface area contributed by atoms with Crippen LogP contribution in [-0.4, -0.2) is 58.8 Å². The predicted molar refractivity (Wildman–Crippen MR) is 105 cm³/mol. The van der Waals surface area contributed by atoms with Gasteiger partial charge in [0.1, 0.15) is 0 Å². The third kappa shape index (κ3) is 4.54. The summed E-state index contributed by atoms with van der Waals surface area (Å²) in [7, 11) is 0. The molecular weight excluding hydrogens is 358 g/mol.